The fraction of sp³-hybridized carbons (Fsp3) is 0.625. The van der Waals surface area contributed by atoms with Gasteiger partial charge in [0.05, 0.1) is 19.8 Å². The Morgan fingerprint density at radius 1 is 1.33 bits per heavy atom. The highest BCUT2D eigenvalue weighted by Crippen LogP contribution is 2.45. The van der Waals surface area contributed by atoms with Crippen LogP contribution < -0.4 is 15.4 Å². The lowest BCUT2D eigenvalue weighted by Crippen LogP contribution is -2.70. The van der Waals surface area contributed by atoms with Crippen LogP contribution in [0.5, 0.6) is 5.88 Å². The molecule has 0 saturated carbocycles. The molecule has 1 spiro atoms. The molecule has 2 bridgehead atoms. The van der Waals surface area contributed by atoms with E-state index in [0.29, 0.717) is 18.5 Å². The molecule has 4 aliphatic heterocycles. The first-order valence-electron chi connectivity index (χ1n) is 8.40. The van der Waals surface area contributed by atoms with Crippen molar-refractivity contribution in [2.75, 3.05) is 38.4 Å². The van der Waals surface area contributed by atoms with E-state index in [1.54, 1.807) is 18.4 Å². The molecule has 0 amide bonds. The van der Waals surface area contributed by atoms with Crippen molar-refractivity contribution in [3.63, 3.8) is 0 Å². The van der Waals surface area contributed by atoms with Gasteiger partial charge in [0, 0.05) is 19.2 Å². The van der Waals surface area contributed by atoms with Crippen molar-refractivity contribution in [2.45, 2.75) is 24.6 Å². The number of rotatable bonds is 2. The average Bonchev–Trinajstić information content (AvgIpc) is 3.24. The van der Waals surface area contributed by atoms with Crippen LogP contribution in [0.25, 0.3) is 10.3 Å². The topological polar surface area (TPSA) is 76.7 Å². The average molecular weight is 347 g/mol. The van der Waals surface area contributed by atoms with Crippen LogP contribution >= 0.6 is 11.3 Å². The third-order valence-corrected chi connectivity index (χ3v) is 6.77. The molecule has 4 aliphatic rings. The molecule has 7 nitrogen and oxygen atoms in total. The lowest BCUT2D eigenvalue weighted by atomic mass is 9.73. The number of ether oxygens (including phenoxy) is 2. The van der Waals surface area contributed by atoms with Gasteiger partial charge in [-0.3, -0.25) is 4.90 Å². The number of nitrogens with two attached hydrogens (primary N) is 1. The third-order valence-electron chi connectivity index (χ3n) is 5.74. The Labute approximate surface area is 144 Å². The minimum atomic E-state index is -0.251. The molecule has 24 heavy (non-hydrogen) atoms. The Balaban J connectivity index is 1.45. The van der Waals surface area contributed by atoms with E-state index in [9.17, 15) is 0 Å². The Morgan fingerprint density at radius 3 is 2.92 bits per heavy atom. The maximum atomic E-state index is 6.54. The maximum absolute atomic E-state index is 6.54. The highest BCUT2D eigenvalue weighted by molar-refractivity contribution is 7.21. The molecule has 2 aromatic rings. The number of thiazole rings is 1. The summed E-state index contributed by atoms with van der Waals surface area (Å²) in [6, 6.07) is 3.80. The van der Waals surface area contributed by atoms with Crippen molar-refractivity contribution in [1.82, 2.24) is 14.9 Å². The number of hydrogen-bond donors (Lipinski definition) is 1. The number of nitrogens with zero attached hydrogens (tertiary/aromatic N) is 4. The molecule has 0 aromatic carbocycles. The van der Waals surface area contributed by atoms with E-state index in [2.05, 4.69) is 14.8 Å². The van der Waals surface area contributed by atoms with Gasteiger partial charge in [0.1, 0.15) is 22.7 Å². The highest BCUT2D eigenvalue weighted by Gasteiger charge is 2.57. The van der Waals surface area contributed by atoms with E-state index in [1.807, 2.05) is 12.1 Å². The Hall–Kier alpha value is -1.48. The van der Waals surface area contributed by atoms with Gasteiger partial charge < -0.3 is 20.1 Å². The summed E-state index contributed by atoms with van der Waals surface area (Å²) in [6.07, 6.45) is 2.35. The summed E-state index contributed by atoms with van der Waals surface area (Å²) in [4.78, 5) is 14.7. The lowest BCUT2D eigenvalue weighted by Gasteiger charge is -2.54. The summed E-state index contributed by atoms with van der Waals surface area (Å²) in [7, 11) is 1.63. The van der Waals surface area contributed by atoms with Crippen LogP contribution in [-0.2, 0) is 4.74 Å². The predicted octanol–water partition coefficient (Wildman–Crippen LogP) is 1.24. The molecule has 0 radical (unpaired) electrons. The molecule has 6 rings (SSSR count). The maximum Gasteiger partial charge on any atom is 0.214 e. The van der Waals surface area contributed by atoms with Gasteiger partial charge >= 0.3 is 0 Å². The van der Waals surface area contributed by atoms with Gasteiger partial charge in [-0.2, -0.15) is 0 Å². The first-order chi connectivity index (χ1) is 11.7. The SMILES string of the molecule is COc1ccc2nc(N3COC4(C3)C3CCN(CC3)C4N)sc2n1. The zero-order chi connectivity index (χ0) is 16.3. The van der Waals surface area contributed by atoms with E-state index in [-0.39, 0.29) is 11.8 Å². The monoisotopic (exact) mass is 347 g/mol. The molecular formula is C16H21N5O2S. The number of fused-ring (bicyclic) bond motifs is 3. The quantitative estimate of drug-likeness (QED) is 0.876. The normalized spacial score (nSPS) is 35.2. The van der Waals surface area contributed by atoms with Gasteiger partial charge in [-0.1, -0.05) is 11.3 Å². The van der Waals surface area contributed by atoms with Crippen LogP contribution in [0.2, 0.25) is 0 Å². The molecule has 8 heteroatoms. The van der Waals surface area contributed by atoms with Crippen LogP contribution in [0, 0.1) is 5.92 Å². The van der Waals surface area contributed by atoms with Crippen LogP contribution in [-0.4, -0.2) is 60.1 Å². The van der Waals surface area contributed by atoms with Gasteiger partial charge in [-0.15, -0.1) is 0 Å². The molecule has 2 atom stereocenters. The summed E-state index contributed by atoms with van der Waals surface area (Å²) in [5.74, 6) is 1.17. The van der Waals surface area contributed by atoms with Crippen LogP contribution in [0.15, 0.2) is 12.1 Å². The number of anilines is 1. The molecule has 2 unspecified atom stereocenters. The fourth-order valence-corrected chi connectivity index (χ4v) is 5.31. The van der Waals surface area contributed by atoms with E-state index in [0.717, 1.165) is 35.1 Å². The predicted molar refractivity (Wildman–Crippen MR) is 92.3 cm³/mol. The summed E-state index contributed by atoms with van der Waals surface area (Å²) in [5, 5.41) is 0.950. The van der Waals surface area contributed by atoms with Gasteiger partial charge in [-0.25, -0.2) is 9.97 Å². The summed E-state index contributed by atoms with van der Waals surface area (Å²) >= 11 is 1.58. The van der Waals surface area contributed by atoms with E-state index in [4.69, 9.17) is 20.2 Å². The third kappa shape index (κ3) is 2.00. The highest BCUT2D eigenvalue weighted by atomic mass is 32.1. The number of aromatic nitrogens is 2. The second-order valence-electron chi connectivity index (χ2n) is 6.86. The number of pyridine rings is 1. The molecule has 4 fully saturated rings. The van der Waals surface area contributed by atoms with E-state index in [1.165, 1.54) is 12.8 Å². The van der Waals surface area contributed by atoms with Gasteiger partial charge in [-0.05, 0) is 24.8 Å². The molecule has 6 heterocycles. The summed E-state index contributed by atoms with van der Waals surface area (Å²) < 4.78 is 11.5. The van der Waals surface area contributed by atoms with Gasteiger partial charge in [0.25, 0.3) is 0 Å². The van der Waals surface area contributed by atoms with Crippen molar-refractivity contribution in [2.24, 2.45) is 11.7 Å². The van der Waals surface area contributed by atoms with E-state index >= 15 is 0 Å². The number of piperidine rings is 3. The molecule has 128 valence electrons. The standard InChI is InChI=1S/C16H21N5O2S/c1-22-12-3-2-11-13(19-12)24-15(18-11)21-8-16(23-9-21)10-4-6-20(7-5-10)14(16)17/h2-3,10,14H,4-9,17H2,1H3. The molecule has 0 aliphatic carbocycles. The van der Waals surface area contributed by atoms with Crippen LogP contribution in [0.1, 0.15) is 12.8 Å². The van der Waals surface area contributed by atoms with Crippen molar-refractivity contribution < 1.29 is 9.47 Å². The van der Waals surface area contributed by atoms with Crippen molar-refractivity contribution in [3.05, 3.63) is 12.1 Å². The Kier molecular flexibility index (Phi) is 3.25. The minimum Gasteiger partial charge on any atom is -0.481 e. The molecular weight excluding hydrogens is 326 g/mol. The van der Waals surface area contributed by atoms with Crippen LogP contribution in [0.3, 0.4) is 0 Å². The summed E-state index contributed by atoms with van der Waals surface area (Å²) in [5.41, 5.74) is 7.19. The zero-order valence-electron chi connectivity index (χ0n) is 13.6. The largest absolute Gasteiger partial charge is 0.481 e. The molecule has 2 aromatic heterocycles. The number of hydrogen-bond acceptors (Lipinski definition) is 8. The fourth-order valence-electron chi connectivity index (χ4n) is 4.39. The first-order valence-corrected chi connectivity index (χ1v) is 9.21. The first kappa shape index (κ1) is 14.8. The van der Waals surface area contributed by atoms with Crippen molar-refractivity contribution in [3.8, 4) is 5.88 Å². The smallest absolute Gasteiger partial charge is 0.214 e. The minimum absolute atomic E-state index is 0.0115. The Morgan fingerprint density at radius 2 is 2.17 bits per heavy atom. The van der Waals surface area contributed by atoms with E-state index < -0.39 is 0 Å². The van der Waals surface area contributed by atoms with Crippen LogP contribution in [0.4, 0.5) is 5.13 Å². The summed E-state index contributed by atoms with van der Waals surface area (Å²) in [6.45, 7) is 3.56. The van der Waals surface area contributed by atoms with Gasteiger partial charge in [0.2, 0.25) is 5.88 Å². The second kappa shape index (κ2) is 5.26. The Bertz CT molecular complexity index is 771. The molecule has 4 saturated heterocycles. The second-order valence-corrected chi connectivity index (χ2v) is 7.81. The van der Waals surface area contributed by atoms with Crippen molar-refractivity contribution in [1.29, 1.82) is 0 Å². The lowest BCUT2D eigenvalue weighted by molar-refractivity contribution is -0.154. The molecule has 2 N–H and O–H groups in total. The van der Waals surface area contributed by atoms with Crippen molar-refractivity contribution >= 4 is 26.8 Å². The number of methoxy groups -OCH3 is 1. The van der Waals surface area contributed by atoms with Gasteiger partial charge in [0.15, 0.2) is 5.13 Å². The zero-order valence-corrected chi connectivity index (χ0v) is 14.5.